The number of carbonyl (C=O) groups excluding carboxylic acids is 1. The Labute approximate surface area is 118 Å². The molecule has 0 aliphatic heterocycles. The first-order valence-electron chi connectivity index (χ1n) is 6.38. The summed E-state index contributed by atoms with van der Waals surface area (Å²) in [6, 6.07) is 8.26. The highest BCUT2D eigenvalue weighted by molar-refractivity contribution is 7.99. The van der Waals surface area contributed by atoms with Gasteiger partial charge in [0.05, 0.1) is 7.11 Å². The fraction of sp³-hybridized carbons (Fsp3) is 0.500. The summed E-state index contributed by atoms with van der Waals surface area (Å²) >= 11 is 1.63. The second kappa shape index (κ2) is 5.84. The molecule has 1 aliphatic rings. The van der Waals surface area contributed by atoms with Gasteiger partial charge in [-0.1, -0.05) is 0 Å². The smallest absolute Gasteiger partial charge is 0.238 e. The van der Waals surface area contributed by atoms with E-state index in [0.717, 1.165) is 23.5 Å². The van der Waals surface area contributed by atoms with Gasteiger partial charge in [-0.3, -0.25) is 4.79 Å². The van der Waals surface area contributed by atoms with E-state index in [0.29, 0.717) is 11.8 Å². The molecule has 4 nitrogen and oxygen atoms in total. The Morgan fingerprint density at radius 1 is 1.47 bits per heavy atom. The molecule has 0 heterocycles. The number of hydrogen-bond acceptors (Lipinski definition) is 4. The van der Waals surface area contributed by atoms with Crippen LogP contribution in [-0.2, 0) is 4.79 Å². The first kappa shape index (κ1) is 14.2. The molecule has 1 unspecified atom stereocenters. The molecule has 0 bridgehead atoms. The van der Waals surface area contributed by atoms with Crippen LogP contribution in [0.2, 0.25) is 0 Å². The maximum Gasteiger partial charge on any atom is 0.238 e. The van der Waals surface area contributed by atoms with E-state index in [-0.39, 0.29) is 5.91 Å². The van der Waals surface area contributed by atoms with E-state index in [1.165, 1.54) is 0 Å². The number of methoxy groups -OCH3 is 1. The minimum Gasteiger partial charge on any atom is -0.497 e. The molecule has 1 aromatic rings. The molecule has 1 aliphatic carbocycles. The Hall–Kier alpha value is -1.20. The van der Waals surface area contributed by atoms with E-state index in [9.17, 15) is 4.79 Å². The number of amides is 1. The van der Waals surface area contributed by atoms with Gasteiger partial charge in [0.2, 0.25) is 5.91 Å². The maximum atomic E-state index is 11.6. The summed E-state index contributed by atoms with van der Waals surface area (Å²) in [5.74, 6) is 1.17. The van der Waals surface area contributed by atoms with Gasteiger partial charge >= 0.3 is 0 Å². The first-order chi connectivity index (χ1) is 9.03. The lowest BCUT2D eigenvalue weighted by molar-refractivity contribution is -0.123. The van der Waals surface area contributed by atoms with Crippen molar-refractivity contribution in [2.24, 2.45) is 5.73 Å². The van der Waals surface area contributed by atoms with Crippen LogP contribution in [-0.4, -0.2) is 30.4 Å². The minimum absolute atomic E-state index is 0.291. The Morgan fingerprint density at radius 3 is 2.58 bits per heavy atom. The first-order valence-corrected chi connectivity index (χ1v) is 7.36. The molecular formula is C14H20N2O2S. The molecule has 0 aromatic heterocycles. The Kier molecular flexibility index (Phi) is 4.37. The van der Waals surface area contributed by atoms with E-state index in [1.807, 2.05) is 31.2 Å². The van der Waals surface area contributed by atoms with Crippen molar-refractivity contribution >= 4 is 17.7 Å². The topological polar surface area (TPSA) is 64.3 Å². The Morgan fingerprint density at radius 2 is 2.11 bits per heavy atom. The zero-order valence-electron chi connectivity index (χ0n) is 11.3. The summed E-state index contributed by atoms with van der Waals surface area (Å²) in [5, 5.41) is 3.34. The number of carbonyl (C=O) groups is 1. The molecule has 3 N–H and O–H groups in total. The van der Waals surface area contributed by atoms with Crippen molar-refractivity contribution < 1.29 is 9.53 Å². The van der Waals surface area contributed by atoms with Gasteiger partial charge in [0.15, 0.2) is 0 Å². The van der Waals surface area contributed by atoms with E-state index >= 15 is 0 Å². The van der Waals surface area contributed by atoms with Crippen molar-refractivity contribution in [2.75, 3.05) is 12.9 Å². The molecular weight excluding hydrogens is 260 g/mol. The molecule has 0 saturated heterocycles. The average molecular weight is 280 g/mol. The maximum absolute atomic E-state index is 11.6. The van der Waals surface area contributed by atoms with E-state index < -0.39 is 5.54 Å². The lowest BCUT2D eigenvalue weighted by atomic mass is 10.1. The quantitative estimate of drug-likeness (QED) is 0.747. The summed E-state index contributed by atoms with van der Waals surface area (Å²) < 4.78 is 5.12. The molecule has 5 heteroatoms. The van der Waals surface area contributed by atoms with Gasteiger partial charge in [-0.2, -0.15) is 0 Å². The fourth-order valence-electron chi connectivity index (χ4n) is 1.76. The van der Waals surface area contributed by atoms with Crippen molar-refractivity contribution in [3.63, 3.8) is 0 Å². The van der Waals surface area contributed by atoms with Crippen molar-refractivity contribution in [2.45, 2.75) is 36.2 Å². The van der Waals surface area contributed by atoms with Crippen LogP contribution in [0.4, 0.5) is 0 Å². The lowest BCUT2D eigenvalue weighted by Gasteiger charge is -2.27. The van der Waals surface area contributed by atoms with Crippen LogP contribution in [0.5, 0.6) is 5.75 Å². The Bertz CT molecular complexity index is 445. The zero-order valence-corrected chi connectivity index (χ0v) is 12.1. The van der Waals surface area contributed by atoms with Crippen LogP contribution in [0.15, 0.2) is 29.2 Å². The van der Waals surface area contributed by atoms with Crippen molar-refractivity contribution in [3.8, 4) is 5.75 Å². The number of ether oxygens (including phenoxy) is 1. The largest absolute Gasteiger partial charge is 0.497 e. The standard InChI is InChI=1S/C14H20N2O2S/c1-14(13(15)17,16-10-3-4-10)9-19-12-7-5-11(18-2)6-8-12/h5-8,10,16H,3-4,9H2,1-2H3,(H2,15,17). The highest BCUT2D eigenvalue weighted by Gasteiger charge is 2.36. The predicted molar refractivity (Wildman–Crippen MR) is 77.5 cm³/mol. The number of hydrogen-bond donors (Lipinski definition) is 2. The van der Waals surface area contributed by atoms with Gasteiger partial charge in [-0.25, -0.2) is 0 Å². The molecule has 104 valence electrons. The van der Waals surface area contributed by atoms with Gasteiger partial charge < -0.3 is 15.8 Å². The molecule has 1 aromatic carbocycles. The summed E-state index contributed by atoms with van der Waals surface area (Å²) in [4.78, 5) is 12.7. The molecule has 19 heavy (non-hydrogen) atoms. The predicted octanol–water partition coefficient (Wildman–Crippen LogP) is 1.78. The molecule has 0 radical (unpaired) electrons. The van der Waals surface area contributed by atoms with Crippen molar-refractivity contribution in [3.05, 3.63) is 24.3 Å². The number of nitrogens with two attached hydrogens (primary N) is 1. The molecule has 1 saturated carbocycles. The fourth-order valence-corrected chi connectivity index (χ4v) is 2.77. The minimum atomic E-state index is -0.647. The molecule has 1 fully saturated rings. The Balaban J connectivity index is 1.95. The van der Waals surface area contributed by atoms with E-state index in [1.54, 1.807) is 18.9 Å². The van der Waals surface area contributed by atoms with Gasteiger partial charge in [0, 0.05) is 16.7 Å². The molecule has 2 rings (SSSR count). The summed E-state index contributed by atoms with van der Waals surface area (Å²) in [6.07, 6.45) is 2.27. The number of nitrogens with one attached hydrogen (secondary N) is 1. The van der Waals surface area contributed by atoms with Gasteiger partial charge in [0.1, 0.15) is 11.3 Å². The summed E-state index contributed by atoms with van der Waals surface area (Å²) in [5.41, 5.74) is 4.87. The molecule has 0 spiro atoms. The van der Waals surface area contributed by atoms with Crippen LogP contribution >= 0.6 is 11.8 Å². The number of primary amides is 1. The van der Waals surface area contributed by atoms with Crippen LogP contribution in [0.25, 0.3) is 0 Å². The number of rotatable bonds is 7. The number of thioether (sulfide) groups is 1. The summed E-state index contributed by atoms with van der Waals surface area (Å²) in [6.45, 7) is 1.88. The van der Waals surface area contributed by atoms with Crippen molar-refractivity contribution in [1.82, 2.24) is 5.32 Å². The van der Waals surface area contributed by atoms with Gasteiger partial charge in [0.25, 0.3) is 0 Å². The van der Waals surface area contributed by atoms with Gasteiger partial charge in [-0.15, -0.1) is 11.8 Å². The third-order valence-corrected chi connectivity index (χ3v) is 4.56. The third-order valence-electron chi connectivity index (χ3n) is 3.23. The van der Waals surface area contributed by atoms with Crippen LogP contribution < -0.4 is 15.8 Å². The molecule has 1 atom stereocenters. The van der Waals surface area contributed by atoms with Crippen LogP contribution in [0, 0.1) is 0 Å². The van der Waals surface area contributed by atoms with E-state index in [2.05, 4.69) is 5.32 Å². The lowest BCUT2D eigenvalue weighted by Crippen LogP contribution is -2.55. The SMILES string of the molecule is COc1ccc(SCC(C)(NC2CC2)C(N)=O)cc1. The van der Waals surface area contributed by atoms with Crippen molar-refractivity contribution in [1.29, 1.82) is 0 Å². The van der Waals surface area contributed by atoms with Gasteiger partial charge in [-0.05, 0) is 44.0 Å². The highest BCUT2D eigenvalue weighted by atomic mass is 32.2. The third kappa shape index (κ3) is 3.88. The molecule has 1 amide bonds. The van der Waals surface area contributed by atoms with Crippen LogP contribution in [0.3, 0.4) is 0 Å². The zero-order chi connectivity index (χ0) is 13.9. The van der Waals surface area contributed by atoms with E-state index in [4.69, 9.17) is 10.5 Å². The summed E-state index contributed by atoms with van der Waals surface area (Å²) in [7, 11) is 1.64. The normalized spacial score (nSPS) is 17.8. The highest BCUT2D eigenvalue weighted by Crippen LogP contribution is 2.28. The number of benzene rings is 1. The monoisotopic (exact) mass is 280 g/mol. The second-order valence-electron chi connectivity index (χ2n) is 5.08. The van der Waals surface area contributed by atoms with Crippen LogP contribution in [0.1, 0.15) is 19.8 Å². The second-order valence-corrected chi connectivity index (χ2v) is 6.13. The average Bonchev–Trinajstić information content (AvgIpc) is 3.20.